The van der Waals surface area contributed by atoms with Crippen LogP contribution in [-0.2, 0) is 0 Å². The summed E-state index contributed by atoms with van der Waals surface area (Å²) in [6, 6.07) is 2.51. The summed E-state index contributed by atoms with van der Waals surface area (Å²) in [7, 11) is 0. The summed E-state index contributed by atoms with van der Waals surface area (Å²) >= 11 is 0. The predicted molar refractivity (Wildman–Crippen MR) is 52.8 cm³/mol. The number of hydrogen-bond acceptors (Lipinski definition) is 1. The lowest BCUT2D eigenvalue weighted by atomic mass is 10.0. The van der Waals surface area contributed by atoms with Crippen molar-refractivity contribution >= 4 is 0 Å². The Hall–Kier alpha value is -1.22. The molecule has 0 heterocycles. The van der Waals surface area contributed by atoms with Crippen LogP contribution in [0.1, 0.15) is 23.6 Å². The maximum Gasteiger partial charge on any atom is 0.163 e. The van der Waals surface area contributed by atoms with Gasteiger partial charge in [-0.1, -0.05) is 18.2 Å². The quantitative estimate of drug-likeness (QED) is 0.741. The van der Waals surface area contributed by atoms with Crippen LogP contribution in [0.2, 0.25) is 0 Å². The molecule has 14 heavy (non-hydrogen) atoms. The fourth-order valence-corrected chi connectivity index (χ4v) is 1.25. The molecule has 0 aliphatic rings. The van der Waals surface area contributed by atoms with E-state index in [1.807, 2.05) is 0 Å². The third kappa shape index (κ3) is 1.99. The van der Waals surface area contributed by atoms with Crippen LogP contribution >= 0.6 is 0 Å². The van der Waals surface area contributed by atoms with Gasteiger partial charge in [-0.3, -0.25) is 0 Å². The number of nitrogens with two attached hydrogens (primary N) is 1. The zero-order valence-electron chi connectivity index (χ0n) is 8.06. The van der Waals surface area contributed by atoms with E-state index in [0.29, 0.717) is 6.42 Å². The summed E-state index contributed by atoms with van der Waals surface area (Å²) in [6.45, 7) is 5.01. The molecule has 0 bridgehead atoms. The molecule has 1 atom stereocenters. The highest BCUT2D eigenvalue weighted by atomic mass is 19.2. The number of hydrogen-bond donors (Lipinski definition) is 1. The number of benzene rings is 1. The molecular weight excluding hydrogens is 184 g/mol. The SMILES string of the molecule is C=CC[C@H](N)c1ccc(C)c(F)c1F. The summed E-state index contributed by atoms with van der Waals surface area (Å²) in [5.41, 5.74) is 6.14. The van der Waals surface area contributed by atoms with E-state index in [0.717, 1.165) is 0 Å². The van der Waals surface area contributed by atoms with Crippen molar-refractivity contribution in [3.63, 3.8) is 0 Å². The minimum absolute atomic E-state index is 0.202. The summed E-state index contributed by atoms with van der Waals surface area (Å²) in [6.07, 6.45) is 2.02. The summed E-state index contributed by atoms with van der Waals surface area (Å²) in [5.74, 6) is -1.67. The molecule has 1 nitrogen and oxygen atoms in total. The van der Waals surface area contributed by atoms with E-state index in [1.165, 1.54) is 19.1 Å². The highest BCUT2D eigenvalue weighted by molar-refractivity contribution is 5.27. The van der Waals surface area contributed by atoms with Crippen LogP contribution in [0.15, 0.2) is 24.8 Å². The van der Waals surface area contributed by atoms with Crippen molar-refractivity contribution in [1.29, 1.82) is 0 Å². The number of aryl methyl sites for hydroxylation is 1. The van der Waals surface area contributed by atoms with Gasteiger partial charge in [-0.15, -0.1) is 6.58 Å². The van der Waals surface area contributed by atoms with Crippen LogP contribution in [0.4, 0.5) is 8.78 Å². The van der Waals surface area contributed by atoms with Crippen LogP contribution in [0.25, 0.3) is 0 Å². The van der Waals surface area contributed by atoms with Crippen molar-refractivity contribution in [2.45, 2.75) is 19.4 Å². The minimum atomic E-state index is -0.848. The van der Waals surface area contributed by atoms with Crippen molar-refractivity contribution in [3.05, 3.63) is 47.5 Å². The fourth-order valence-electron chi connectivity index (χ4n) is 1.25. The van der Waals surface area contributed by atoms with Gasteiger partial charge in [0, 0.05) is 11.6 Å². The molecule has 1 aromatic rings. The largest absolute Gasteiger partial charge is 0.324 e. The van der Waals surface area contributed by atoms with Gasteiger partial charge in [0.15, 0.2) is 11.6 Å². The first-order valence-electron chi connectivity index (χ1n) is 4.39. The number of halogens is 2. The van der Waals surface area contributed by atoms with E-state index in [2.05, 4.69) is 6.58 Å². The molecule has 0 fully saturated rings. The second-order valence-corrected chi connectivity index (χ2v) is 3.23. The predicted octanol–water partition coefficient (Wildman–Crippen LogP) is 2.85. The Balaban J connectivity index is 3.10. The molecule has 0 aliphatic heterocycles. The molecule has 0 aromatic heterocycles. The Bertz CT molecular complexity index is 347. The molecule has 0 unspecified atom stereocenters. The van der Waals surface area contributed by atoms with Gasteiger partial charge >= 0.3 is 0 Å². The first-order valence-corrected chi connectivity index (χ1v) is 4.39. The first-order chi connectivity index (χ1) is 6.57. The molecule has 3 heteroatoms. The average molecular weight is 197 g/mol. The van der Waals surface area contributed by atoms with Gasteiger partial charge in [0.25, 0.3) is 0 Å². The molecule has 0 radical (unpaired) electrons. The Labute approximate surface area is 82.2 Å². The fraction of sp³-hybridized carbons (Fsp3) is 0.273. The zero-order valence-corrected chi connectivity index (χ0v) is 8.06. The Morgan fingerprint density at radius 1 is 1.43 bits per heavy atom. The van der Waals surface area contributed by atoms with Crippen molar-refractivity contribution < 1.29 is 8.78 Å². The molecule has 1 aromatic carbocycles. The molecule has 0 saturated carbocycles. The first kappa shape index (κ1) is 10.9. The summed E-state index contributed by atoms with van der Waals surface area (Å²) in [5, 5.41) is 0. The topological polar surface area (TPSA) is 26.0 Å². The molecular formula is C11H13F2N. The molecule has 0 spiro atoms. The van der Waals surface area contributed by atoms with Crippen molar-refractivity contribution in [1.82, 2.24) is 0 Å². The lowest BCUT2D eigenvalue weighted by molar-refractivity contribution is 0.484. The van der Waals surface area contributed by atoms with E-state index in [4.69, 9.17) is 5.73 Å². The maximum absolute atomic E-state index is 13.3. The number of rotatable bonds is 3. The average Bonchev–Trinajstić information content (AvgIpc) is 2.15. The second-order valence-electron chi connectivity index (χ2n) is 3.23. The Morgan fingerprint density at radius 3 is 2.64 bits per heavy atom. The van der Waals surface area contributed by atoms with Gasteiger partial charge in [-0.2, -0.15) is 0 Å². The molecule has 0 aliphatic carbocycles. The Morgan fingerprint density at radius 2 is 2.07 bits per heavy atom. The molecule has 76 valence electrons. The van der Waals surface area contributed by atoms with Crippen molar-refractivity contribution in [2.75, 3.05) is 0 Å². The molecule has 0 amide bonds. The summed E-state index contributed by atoms with van der Waals surface area (Å²) < 4.78 is 26.5. The van der Waals surface area contributed by atoms with E-state index in [1.54, 1.807) is 6.08 Å². The Kier molecular flexibility index (Phi) is 3.36. The minimum Gasteiger partial charge on any atom is -0.324 e. The highest BCUT2D eigenvalue weighted by Gasteiger charge is 2.15. The van der Waals surface area contributed by atoms with Gasteiger partial charge in [0.05, 0.1) is 0 Å². The van der Waals surface area contributed by atoms with E-state index in [-0.39, 0.29) is 11.1 Å². The smallest absolute Gasteiger partial charge is 0.163 e. The van der Waals surface area contributed by atoms with Crippen LogP contribution in [0.5, 0.6) is 0 Å². The zero-order chi connectivity index (χ0) is 10.7. The normalized spacial score (nSPS) is 12.6. The van der Waals surface area contributed by atoms with Crippen molar-refractivity contribution in [2.24, 2.45) is 5.73 Å². The lowest BCUT2D eigenvalue weighted by Crippen LogP contribution is -2.12. The van der Waals surface area contributed by atoms with Crippen LogP contribution < -0.4 is 5.73 Å². The van der Waals surface area contributed by atoms with Gasteiger partial charge in [-0.05, 0) is 18.9 Å². The third-order valence-electron chi connectivity index (χ3n) is 2.13. The second kappa shape index (κ2) is 4.33. The van der Waals surface area contributed by atoms with Gasteiger partial charge in [0.1, 0.15) is 0 Å². The van der Waals surface area contributed by atoms with Gasteiger partial charge in [0.2, 0.25) is 0 Å². The van der Waals surface area contributed by atoms with Crippen molar-refractivity contribution in [3.8, 4) is 0 Å². The lowest BCUT2D eigenvalue weighted by Gasteiger charge is -2.11. The maximum atomic E-state index is 13.3. The molecule has 1 rings (SSSR count). The molecule has 2 N–H and O–H groups in total. The van der Waals surface area contributed by atoms with Gasteiger partial charge < -0.3 is 5.73 Å². The van der Waals surface area contributed by atoms with Crippen LogP contribution in [-0.4, -0.2) is 0 Å². The molecule has 0 saturated heterocycles. The highest BCUT2D eigenvalue weighted by Crippen LogP contribution is 2.22. The third-order valence-corrected chi connectivity index (χ3v) is 2.13. The van der Waals surface area contributed by atoms with Gasteiger partial charge in [-0.25, -0.2) is 8.78 Å². The standard InChI is InChI=1S/C11H13F2N/c1-3-4-9(14)8-6-5-7(2)10(12)11(8)13/h3,5-6,9H,1,4,14H2,2H3/t9-/m0/s1. The van der Waals surface area contributed by atoms with Crippen LogP contribution in [0.3, 0.4) is 0 Å². The summed E-state index contributed by atoms with van der Waals surface area (Å²) in [4.78, 5) is 0. The van der Waals surface area contributed by atoms with E-state index >= 15 is 0 Å². The van der Waals surface area contributed by atoms with Crippen LogP contribution in [0, 0.1) is 18.6 Å². The van der Waals surface area contributed by atoms with E-state index in [9.17, 15) is 8.78 Å². The van der Waals surface area contributed by atoms with E-state index < -0.39 is 17.7 Å². The monoisotopic (exact) mass is 197 g/mol.